The Morgan fingerprint density at radius 3 is 2.75 bits per heavy atom. The molecule has 0 aliphatic carbocycles. The van der Waals surface area contributed by atoms with Gasteiger partial charge in [0, 0.05) is 16.7 Å². The number of thiophene rings is 1. The molecule has 0 fully saturated rings. The first-order valence-corrected chi connectivity index (χ1v) is 13.1. The van der Waals surface area contributed by atoms with E-state index < -0.39 is 0 Å². The van der Waals surface area contributed by atoms with Crippen molar-refractivity contribution in [1.29, 1.82) is 0 Å². The van der Waals surface area contributed by atoms with E-state index in [-0.39, 0.29) is 17.2 Å². The molecule has 1 aliphatic heterocycles. The van der Waals surface area contributed by atoms with Crippen LogP contribution in [0.25, 0.3) is 15.9 Å². The Bertz CT molecular complexity index is 1330. The number of hydrogen-bond acceptors (Lipinski definition) is 6. The van der Waals surface area contributed by atoms with E-state index in [1.54, 1.807) is 10.6 Å². The second kappa shape index (κ2) is 9.13. The summed E-state index contributed by atoms with van der Waals surface area (Å²) in [4.78, 5) is 35.0. The van der Waals surface area contributed by atoms with Gasteiger partial charge in [0.1, 0.15) is 4.83 Å². The van der Waals surface area contributed by atoms with Crippen molar-refractivity contribution < 1.29 is 4.79 Å². The second-order valence-corrected chi connectivity index (χ2v) is 10.8. The van der Waals surface area contributed by atoms with E-state index in [9.17, 15) is 9.59 Å². The van der Waals surface area contributed by atoms with E-state index in [1.807, 2.05) is 70.6 Å². The van der Waals surface area contributed by atoms with Gasteiger partial charge < -0.3 is 4.90 Å². The SMILES string of the molecule is CC1CCN(C(=O)CSc2nc3sccc3c(=O)n2-c2ccccc2)c2ccccc2S1. The maximum Gasteiger partial charge on any atom is 0.267 e. The highest BCUT2D eigenvalue weighted by molar-refractivity contribution is 8.00. The van der Waals surface area contributed by atoms with Gasteiger partial charge in [-0.25, -0.2) is 4.98 Å². The maximum absolute atomic E-state index is 13.3. The summed E-state index contributed by atoms with van der Waals surface area (Å²) in [5.74, 6) is 0.237. The van der Waals surface area contributed by atoms with Crippen molar-refractivity contribution in [2.75, 3.05) is 17.2 Å². The summed E-state index contributed by atoms with van der Waals surface area (Å²) in [7, 11) is 0. The summed E-state index contributed by atoms with van der Waals surface area (Å²) in [6.45, 7) is 2.89. The standard InChI is InChI=1S/C24H21N3O2S3/c1-16-11-13-26(19-9-5-6-10-20(19)32-16)21(28)15-31-24-25-22-18(12-14-30-22)23(29)27(24)17-7-3-2-4-8-17/h2-10,12,14,16H,11,13,15H2,1H3. The minimum Gasteiger partial charge on any atom is -0.311 e. The number of carbonyl (C=O) groups is 1. The van der Waals surface area contributed by atoms with Crippen molar-refractivity contribution in [2.45, 2.75) is 28.6 Å². The Balaban J connectivity index is 1.47. The van der Waals surface area contributed by atoms with Gasteiger partial charge in [0.2, 0.25) is 5.91 Å². The first-order valence-electron chi connectivity index (χ1n) is 10.4. The van der Waals surface area contributed by atoms with Crippen LogP contribution in [0.5, 0.6) is 0 Å². The number of fused-ring (bicyclic) bond motifs is 2. The number of amides is 1. The molecule has 0 radical (unpaired) electrons. The number of para-hydroxylation sites is 2. The summed E-state index contributed by atoms with van der Waals surface area (Å²) in [5, 5.41) is 3.46. The molecular formula is C24H21N3O2S3. The molecule has 1 amide bonds. The lowest BCUT2D eigenvalue weighted by Crippen LogP contribution is -2.34. The van der Waals surface area contributed by atoms with E-state index in [1.165, 1.54) is 23.1 Å². The number of rotatable bonds is 4. The third-order valence-corrected chi connectivity index (χ3v) is 8.32. The summed E-state index contributed by atoms with van der Waals surface area (Å²) < 4.78 is 1.61. The summed E-state index contributed by atoms with van der Waals surface area (Å²) in [5.41, 5.74) is 1.61. The number of aromatic nitrogens is 2. The van der Waals surface area contributed by atoms with Crippen LogP contribution in [0.1, 0.15) is 13.3 Å². The highest BCUT2D eigenvalue weighted by Crippen LogP contribution is 2.37. The minimum atomic E-state index is -0.109. The molecule has 0 N–H and O–H groups in total. The monoisotopic (exact) mass is 479 g/mol. The Morgan fingerprint density at radius 1 is 1.12 bits per heavy atom. The summed E-state index contributed by atoms with van der Waals surface area (Å²) in [6.07, 6.45) is 0.934. The van der Waals surface area contributed by atoms with Crippen LogP contribution in [-0.4, -0.2) is 33.0 Å². The first kappa shape index (κ1) is 21.3. The van der Waals surface area contributed by atoms with Crippen molar-refractivity contribution in [3.05, 3.63) is 76.4 Å². The highest BCUT2D eigenvalue weighted by atomic mass is 32.2. The number of thioether (sulfide) groups is 2. The molecule has 5 rings (SSSR count). The van der Waals surface area contributed by atoms with E-state index in [0.717, 1.165) is 22.7 Å². The van der Waals surface area contributed by atoms with Crippen LogP contribution in [0.3, 0.4) is 0 Å². The van der Waals surface area contributed by atoms with Gasteiger partial charge in [-0.2, -0.15) is 0 Å². The van der Waals surface area contributed by atoms with Crippen molar-refractivity contribution in [1.82, 2.24) is 9.55 Å². The molecule has 1 atom stereocenters. The number of benzene rings is 2. The molecule has 1 aliphatic rings. The smallest absolute Gasteiger partial charge is 0.267 e. The molecule has 32 heavy (non-hydrogen) atoms. The van der Waals surface area contributed by atoms with Crippen LogP contribution in [0.2, 0.25) is 0 Å². The second-order valence-electron chi connectivity index (χ2n) is 7.53. The molecule has 8 heteroatoms. The largest absolute Gasteiger partial charge is 0.311 e. The molecule has 4 aromatic rings. The van der Waals surface area contributed by atoms with Gasteiger partial charge in [0.15, 0.2) is 5.16 Å². The lowest BCUT2D eigenvalue weighted by molar-refractivity contribution is -0.116. The third-order valence-electron chi connectivity index (χ3n) is 5.35. The number of nitrogens with zero attached hydrogens (tertiary/aromatic N) is 3. The molecule has 2 aromatic heterocycles. The van der Waals surface area contributed by atoms with Crippen molar-refractivity contribution in [2.24, 2.45) is 0 Å². The molecule has 0 spiro atoms. The van der Waals surface area contributed by atoms with Gasteiger partial charge in [-0.15, -0.1) is 23.1 Å². The quantitative estimate of drug-likeness (QED) is 0.287. The Labute approximate surface area is 198 Å². The van der Waals surface area contributed by atoms with E-state index in [2.05, 4.69) is 13.0 Å². The Hall–Kier alpha value is -2.55. The molecule has 1 unspecified atom stereocenters. The average Bonchev–Trinajstić information content (AvgIpc) is 3.21. The maximum atomic E-state index is 13.3. The molecule has 0 saturated heterocycles. The number of hydrogen-bond donors (Lipinski definition) is 0. The van der Waals surface area contributed by atoms with E-state index >= 15 is 0 Å². The summed E-state index contributed by atoms with van der Waals surface area (Å²) in [6, 6.07) is 19.4. The molecule has 0 saturated carbocycles. The van der Waals surface area contributed by atoms with Crippen LogP contribution in [0.15, 0.2) is 80.9 Å². The lowest BCUT2D eigenvalue weighted by Gasteiger charge is -2.22. The number of anilines is 1. The molecule has 3 heterocycles. The van der Waals surface area contributed by atoms with E-state index in [0.29, 0.717) is 27.2 Å². The van der Waals surface area contributed by atoms with Gasteiger partial charge in [0.25, 0.3) is 5.56 Å². The predicted octanol–water partition coefficient (Wildman–Crippen LogP) is 5.46. The Kier molecular flexibility index (Phi) is 6.08. The fourth-order valence-corrected chi connectivity index (χ4v) is 6.55. The Morgan fingerprint density at radius 2 is 1.91 bits per heavy atom. The predicted molar refractivity (Wildman–Crippen MR) is 135 cm³/mol. The minimum absolute atomic E-state index is 0.0253. The molecule has 5 nitrogen and oxygen atoms in total. The molecular weight excluding hydrogens is 458 g/mol. The molecule has 0 bridgehead atoms. The fourth-order valence-electron chi connectivity index (χ4n) is 3.75. The fraction of sp³-hybridized carbons (Fsp3) is 0.208. The van der Waals surface area contributed by atoms with Crippen LogP contribution in [-0.2, 0) is 4.79 Å². The van der Waals surface area contributed by atoms with Gasteiger partial charge in [-0.1, -0.05) is 49.0 Å². The first-order chi connectivity index (χ1) is 15.6. The topological polar surface area (TPSA) is 55.2 Å². The zero-order valence-electron chi connectivity index (χ0n) is 17.4. The van der Waals surface area contributed by atoms with Gasteiger partial charge in [-0.3, -0.25) is 14.2 Å². The zero-order chi connectivity index (χ0) is 22.1. The van der Waals surface area contributed by atoms with Crippen molar-refractivity contribution in [3.63, 3.8) is 0 Å². The van der Waals surface area contributed by atoms with Crippen LogP contribution in [0, 0.1) is 0 Å². The van der Waals surface area contributed by atoms with E-state index in [4.69, 9.17) is 4.98 Å². The van der Waals surface area contributed by atoms with Crippen molar-refractivity contribution >= 4 is 56.7 Å². The normalized spacial score (nSPS) is 16.0. The van der Waals surface area contributed by atoms with Crippen LogP contribution in [0.4, 0.5) is 5.69 Å². The van der Waals surface area contributed by atoms with Gasteiger partial charge in [0.05, 0.1) is 22.5 Å². The van der Waals surface area contributed by atoms with Crippen LogP contribution < -0.4 is 10.5 Å². The third kappa shape index (κ3) is 4.10. The highest BCUT2D eigenvalue weighted by Gasteiger charge is 2.25. The lowest BCUT2D eigenvalue weighted by atomic mass is 10.2. The van der Waals surface area contributed by atoms with Gasteiger partial charge >= 0.3 is 0 Å². The summed E-state index contributed by atoms with van der Waals surface area (Å²) >= 11 is 4.57. The molecule has 2 aromatic carbocycles. The zero-order valence-corrected chi connectivity index (χ0v) is 19.9. The average molecular weight is 480 g/mol. The van der Waals surface area contributed by atoms with Crippen LogP contribution >= 0.6 is 34.9 Å². The molecule has 162 valence electrons. The van der Waals surface area contributed by atoms with Gasteiger partial charge in [-0.05, 0) is 42.1 Å². The number of carbonyl (C=O) groups excluding carboxylic acids is 1. The van der Waals surface area contributed by atoms with Crippen molar-refractivity contribution in [3.8, 4) is 5.69 Å².